The molecule has 0 bridgehead atoms. The third kappa shape index (κ3) is 2.56. The molecule has 0 spiro atoms. The van der Waals surface area contributed by atoms with Gasteiger partial charge in [0.2, 0.25) is 0 Å². The molecule has 0 radical (unpaired) electrons. The minimum atomic E-state index is 0.699. The van der Waals surface area contributed by atoms with Gasteiger partial charge in [-0.15, -0.1) is 0 Å². The number of anilines is 2. The zero-order valence-electron chi connectivity index (χ0n) is 10.5. The van der Waals surface area contributed by atoms with Crippen LogP contribution in [0.15, 0.2) is 18.2 Å². The van der Waals surface area contributed by atoms with Crippen molar-refractivity contribution in [2.75, 3.05) is 17.2 Å². The largest absolute Gasteiger partial charge is 0.384 e. The topological polar surface area (TPSA) is 24.1 Å². The van der Waals surface area contributed by atoms with Crippen molar-refractivity contribution in [2.24, 2.45) is 0 Å². The first-order chi connectivity index (χ1) is 8.42. The lowest BCUT2D eigenvalue weighted by Gasteiger charge is -2.18. The van der Waals surface area contributed by atoms with E-state index in [0.29, 0.717) is 6.04 Å². The van der Waals surface area contributed by atoms with Gasteiger partial charge in [0.25, 0.3) is 0 Å². The van der Waals surface area contributed by atoms with Gasteiger partial charge < -0.3 is 10.6 Å². The van der Waals surface area contributed by atoms with E-state index >= 15 is 0 Å². The molecule has 2 aliphatic rings. The van der Waals surface area contributed by atoms with Crippen molar-refractivity contribution in [3.05, 3.63) is 23.8 Å². The highest BCUT2D eigenvalue weighted by Crippen LogP contribution is 2.27. The average molecular weight is 230 g/mol. The van der Waals surface area contributed by atoms with Gasteiger partial charge in [-0.2, -0.15) is 0 Å². The van der Waals surface area contributed by atoms with Crippen LogP contribution in [0.5, 0.6) is 0 Å². The summed E-state index contributed by atoms with van der Waals surface area (Å²) in [5.41, 5.74) is 4.12. The normalized spacial score (nSPS) is 20.5. The third-order valence-electron chi connectivity index (χ3n) is 4.04. The van der Waals surface area contributed by atoms with E-state index in [9.17, 15) is 0 Å². The summed E-state index contributed by atoms with van der Waals surface area (Å²) in [6.45, 7) is 1.10. The summed E-state index contributed by atoms with van der Waals surface area (Å²) in [6, 6.07) is 7.48. The molecule has 1 aliphatic carbocycles. The summed E-state index contributed by atoms with van der Waals surface area (Å²) in [6.07, 6.45) is 9.49. The maximum Gasteiger partial charge on any atom is 0.0375 e. The van der Waals surface area contributed by atoms with Crippen LogP contribution in [0.1, 0.15) is 44.1 Å². The molecule has 3 rings (SSSR count). The quantitative estimate of drug-likeness (QED) is 0.755. The van der Waals surface area contributed by atoms with Crippen LogP contribution in [-0.4, -0.2) is 12.6 Å². The van der Waals surface area contributed by atoms with Crippen LogP contribution in [0.4, 0.5) is 11.4 Å². The van der Waals surface area contributed by atoms with E-state index in [4.69, 9.17) is 0 Å². The van der Waals surface area contributed by atoms with E-state index in [1.54, 1.807) is 0 Å². The predicted octanol–water partition coefficient (Wildman–Crippen LogP) is 3.79. The van der Waals surface area contributed by atoms with Gasteiger partial charge in [-0.05, 0) is 43.0 Å². The van der Waals surface area contributed by atoms with Gasteiger partial charge in [0, 0.05) is 24.0 Å². The Hall–Kier alpha value is -1.18. The highest BCUT2D eigenvalue weighted by atomic mass is 14.9. The Morgan fingerprint density at radius 3 is 2.71 bits per heavy atom. The molecule has 0 unspecified atom stereocenters. The Balaban J connectivity index is 1.67. The lowest BCUT2D eigenvalue weighted by molar-refractivity contribution is 0.620. The molecule has 92 valence electrons. The van der Waals surface area contributed by atoms with Crippen molar-refractivity contribution in [2.45, 2.75) is 51.0 Å². The van der Waals surface area contributed by atoms with Gasteiger partial charge >= 0.3 is 0 Å². The zero-order valence-corrected chi connectivity index (χ0v) is 10.5. The molecule has 0 atom stereocenters. The van der Waals surface area contributed by atoms with E-state index in [1.165, 1.54) is 61.9 Å². The average Bonchev–Trinajstić information content (AvgIpc) is 2.65. The molecule has 1 aromatic carbocycles. The standard InChI is InChI=1S/C15H22N2/c1-2-4-6-13(5-3-1)17-14-7-8-15-12(11-14)9-10-16-15/h7-8,11,13,16-17H,1-6,9-10H2. The molecule has 2 nitrogen and oxygen atoms in total. The first-order valence-corrected chi connectivity index (χ1v) is 7.05. The maximum atomic E-state index is 3.72. The zero-order chi connectivity index (χ0) is 11.5. The van der Waals surface area contributed by atoms with Gasteiger partial charge in [0.05, 0.1) is 0 Å². The molecule has 0 saturated heterocycles. The van der Waals surface area contributed by atoms with Crippen molar-refractivity contribution in [3.63, 3.8) is 0 Å². The van der Waals surface area contributed by atoms with Crippen molar-refractivity contribution in [3.8, 4) is 0 Å². The fourth-order valence-electron chi connectivity index (χ4n) is 3.05. The van der Waals surface area contributed by atoms with E-state index in [1.807, 2.05) is 0 Å². The smallest absolute Gasteiger partial charge is 0.0375 e. The van der Waals surface area contributed by atoms with Crippen molar-refractivity contribution in [1.29, 1.82) is 0 Å². The highest BCUT2D eigenvalue weighted by molar-refractivity contribution is 5.62. The van der Waals surface area contributed by atoms with Gasteiger partial charge in [-0.25, -0.2) is 0 Å². The van der Waals surface area contributed by atoms with Gasteiger partial charge in [0.1, 0.15) is 0 Å². The van der Waals surface area contributed by atoms with Crippen LogP contribution in [0.3, 0.4) is 0 Å². The Kier molecular flexibility index (Phi) is 3.21. The molecule has 1 saturated carbocycles. The van der Waals surface area contributed by atoms with Gasteiger partial charge in [-0.3, -0.25) is 0 Å². The predicted molar refractivity (Wildman–Crippen MR) is 73.7 cm³/mol. The second-order valence-electron chi connectivity index (χ2n) is 5.38. The monoisotopic (exact) mass is 230 g/mol. The lowest BCUT2D eigenvalue weighted by atomic mass is 10.1. The third-order valence-corrected chi connectivity index (χ3v) is 4.04. The van der Waals surface area contributed by atoms with Crippen molar-refractivity contribution < 1.29 is 0 Å². The second kappa shape index (κ2) is 4.99. The molecule has 0 aromatic heterocycles. The Labute approximate surface area is 104 Å². The lowest BCUT2D eigenvalue weighted by Crippen LogP contribution is -2.18. The first kappa shape index (κ1) is 10.9. The Morgan fingerprint density at radius 2 is 1.88 bits per heavy atom. The molecule has 1 fully saturated rings. The minimum Gasteiger partial charge on any atom is -0.384 e. The fourth-order valence-corrected chi connectivity index (χ4v) is 3.05. The van der Waals surface area contributed by atoms with Crippen LogP contribution in [-0.2, 0) is 6.42 Å². The number of benzene rings is 1. The summed E-state index contributed by atoms with van der Waals surface area (Å²) in [7, 11) is 0. The maximum absolute atomic E-state index is 3.72. The number of rotatable bonds is 2. The van der Waals surface area contributed by atoms with E-state index in [0.717, 1.165) is 6.54 Å². The Bertz CT molecular complexity index is 379. The molecule has 2 heteroatoms. The summed E-state index contributed by atoms with van der Waals surface area (Å²) < 4.78 is 0. The summed E-state index contributed by atoms with van der Waals surface area (Å²) in [4.78, 5) is 0. The molecular formula is C15H22N2. The second-order valence-corrected chi connectivity index (χ2v) is 5.38. The highest BCUT2D eigenvalue weighted by Gasteiger charge is 2.14. The van der Waals surface area contributed by atoms with E-state index < -0.39 is 0 Å². The van der Waals surface area contributed by atoms with Crippen LogP contribution in [0, 0.1) is 0 Å². The molecule has 1 heterocycles. The molecule has 17 heavy (non-hydrogen) atoms. The summed E-state index contributed by atoms with van der Waals surface area (Å²) in [5, 5.41) is 7.14. The Morgan fingerprint density at radius 1 is 1.06 bits per heavy atom. The van der Waals surface area contributed by atoms with Crippen LogP contribution >= 0.6 is 0 Å². The minimum absolute atomic E-state index is 0.699. The number of fused-ring (bicyclic) bond motifs is 1. The van der Waals surface area contributed by atoms with Crippen LogP contribution < -0.4 is 10.6 Å². The summed E-state index contributed by atoms with van der Waals surface area (Å²) >= 11 is 0. The number of hydrogen-bond acceptors (Lipinski definition) is 2. The van der Waals surface area contributed by atoms with Gasteiger partial charge in [-0.1, -0.05) is 25.7 Å². The molecule has 2 N–H and O–H groups in total. The van der Waals surface area contributed by atoms with Crippen molar-refractivity contribution in [1.82, 2.24) is 0 Å². The fraction of sp³-hybridized carbons (Fsp3) is 0.600. The number of hydrogen-bond donors (Lipinski definition) is 2. The van der Waals surface area contributed by atoms with E-state index in [2.05, 4.69) is 28.8 Å². The molecule has 1 aromatic rings. The van der Waals surface area contributed by atoms with Crippen LogP contribution in [0.2, 0.25) is 0 Å². The SMILES string of the molecule is c1cc2c(cc1NC1CCCCCC1)CCN2. The summed E-state index contributed by atoms with van der Waals surface area (Å²) in [5.74, 6) is 0. The first-order valence-electron chi connectivity index (χ1n) is 7.05. The van der Waals surface area contributed by atoms with Crippen LogP contribution in [0.25, 0.3) is 0 Å². The van der Waals surface area contributed by atoms with Gasteiger partial charge in [0.15, 0.2) is 0 Å². The van der Waals surface area contributed by atoms with Crippen molar-refractivity contribution >= 4 is 11.4 Å². The molecule has 1 aliphatic heterocycles. The number of nitrogens with one attached hydrogen (secondary N) is 2. The molecular weight excluding hydrogens is 208 g/mol. The molecule has 0 amide bonds. The van der Waals surface area contributed by atoms with E-state index in [-0.39, 0.29) is 0 Å².